The van der Waals surface area contributed by atoms with Gasteiger partial charge in [-0.2, -0.15) is 5.10 Å². The number of hydrogen-bond acceptors (Lipinski definition) is 5. The number of anilines is 2. The van der Waals surface area contributed by atoms with Gasteiger partial charge in [0.05, 0.1) is 11.9 Å². The first kappa shape index (κ1) is 11.1. The van der Waals surface area contributed by atoms with Crippen LogP contribution in [0.5, 0.6) is 0 Å². The van der Waals surface area contributed by atoms with E-state index in [9.17, 15) is 9.59 Å². The molecule has 0 unspecified atom stereocenters. The van der Waals surface area contributed by atoms with Crippen molar-refractivity contribution in [1.82, 2.24) is 25.0 Å². The summed E-state index contributed by atoms with van der Waals surface area (Å²) in [6.07, 6.45) is 3.32. The number of nitrogens with one attached hydrogen (secondary N) is 3. The molecular weight excluding hydrogens is 224 g/mol. The Hall–Kier alpha value is -2.38. The molecule has 3 N–H and O–H groups in total. The first-order chi connectivity index (χ1) is 8.06. The Morgan fingerprint density at radius 3 is 2.76 bits per heavy atom. The number of H-pyrrole nitrogens is 2. The van der Waals surface area contributed by atoms with Crippen LogP contribution in [0, 0.1) is 0 Å². The molecule has 0 saturated heterocycles. The van der Waals surface area contributed by atoms with Crippen molar-refractivity contribution in [2.24, 2.45) is 0 Å². The molecule has 17 heavy (non-hydrogen) atoms. The van der Waals surface area contributed by atoms with Crippen LogP contribution in [0.3, 0.4) is 0 Å². The third-order valence-electron chi connectivity index (χ3n) is 2.10. The van der Waals surface area contributed by atoms with Gasteiger partial charge in [0.2, 0.25) is 5.82 Å². The molecule has 0 amide bonds. The number of aromatic nitrogens is 5. The minimum Gasteiger partial charge on any atom is -0.332 e. The molecule has 0 aliphatic heterocycles. The van der Waals surface area contributed by atoms with Crippen molar-refractivity contribution < 1.29 is 0 Å². The molecule has 0 radical (unpaired) electrons. The molecule has 2 heterocycles. The summed E-state index contributed by atoms with van der Waals surface area (Å²) in [6.45, 7) is 3.98. The fraction of sp³-hybridized carbons (Fsp3) is 0.333. The second kappa shape index (κ2) is 4.24. The highest BCUT2D eigenvalue weighted by molar-refractivity contribution is 5.52. The summed E-state index contributed by atoms with van der Waals surface area (Å²) in [5.74, 6) is 0.0212. The molecule has 8 heteroatoms. The maximum absolute atomic E-state index is 11.4. The van der Waals surface area contributed by atoms with Crippen LogP contribution in [-0.2, 0) is 0 Å². The number of hydrogen-bond donors (Lipinski definition) is 3. The van der Waals surface area contributed by atoms with Crippen molar-refractivity contribution in [2.45, 2.75) is 19.9 Å². The SMILES string of the molecule is CC(C)n1cc(Nc2n[nH]c(=O)[nH]c2=O)cn1. The van der Waals surface area contributed by atoms with Crippen LogP contribution in [0.4, 0.5) is 11.5 Å². The number of nitrogens with zero attached hydrogens (tertiary/aromatic N) is 3. The fourth-order valence-corrected chi connectivity index (χ4v) is 1.25. The van der Waals surface area contributed by atoms with Gasteiger partial charge in [0.15, 0.2) is 0 Å². The maximum atomic E-state index is 11.4. The van der Waals surface area contributed by atoms with Crippen molar-refractivity contribution in [2.75, 3.05) is 5.32 Å². The van der Waals surface area contributed by atoms with Crippen LogP contribution in [0.1, 0.15) is 19.9 Å². The number of aromatic amines is 2. The van der Waals surface area contributed by atoms with E-state index in [0.717, 1.165) is 0 Å². The van der Waals surface area contributed by atoms with Crippen molar-refractivity contribution in [3.63, 3.8) is 0 Å². The Morgan fingerprint density at radius 1 is 1.41 bits per heavy atom. The lowest BCUT2D eigenvalue weighted by atomic mass is 10.4. The van der Waals surface area contributed by atoms with Gasteiger partial charge >= 0.3 is 5.69 Å². The van der Waals surface area contributed by atoms with Crippen LogP contribution in [-0.4, -0.2) is 25.0 Å². The van der Waals surface area contributed by atoms with E-state index in [0.29, 0.717) is 5.69 Å². The van der Waals surface area contributed by atoms with Crippen molar-refractivity contribution in [3.8, 4) is 0 Å². The van der Waals surface area contributed by atoms with Crippen LogP contribution >= 0.6 is 0 Å². The first-order valence-corrected chi connectivity index (χ1v) is 5.06. The summed E-state index contributed by atoms with van der Waals surface area (Å²) in [5.41, 5.74) is -0.590. The molecule has 0 fully saturated rings. The first-order valence-electron chi connectivity index (χ1n) is 5.06. The van der Waals surface area contributed by atoms with Gasteiger partial charge in [0.1, 0.15) is 0 Å². The summed E-state index contributed by atoms with van der Waals surface area (Å²) in [7, 11) is 0. The Bertz CT molecular complexity index is 623. The van der Waals surface area contributed by atoms with E-state index in [1.54, 1.807) is 17.1 Å². The van der Waals surface area contributed by atoms with Crippen molar-refractivity contribution in [3.05, 3.63) is 33.2 Å². The van der Waals surface area contributed by atoms with Gasteiger partial charge < -0.3 is 5.32 Å². The lowest BCUT2D eigenvalue weighted by Crippen LogP contribution is -2.25. The smallest absolute Gasteiger partial charge is 0.332 e. The molecule has 0 spiro atoms. The molecule has 8 nitrogen and oxygen atoms in total. The molecule has 2 rings (SSSR count). The summed E-state index contributed by atoms with van der Waals surface area (Å²) >= 11 is 0. The van der Waals surface area contributed by atoms with Crippen LogP contribution < -0.4 is 16.6 Å². The van der Waals surface area contributed by atoms with Gasteiger partial charge in [-0.3, -0.25) is 14.5 Å². The van der Waals surface area contributed by atoms with Gasteiger partial charge in [-0.25, -0.2) is 9.89 Å². The minimum atomic E-state index is -0.640. The third kappa shape index (κ3) is 2.41. The van der Waals surface area contributed by atoms with E-state index >= 15 is 0 Å². The van der Waals surface area contributed by atoms with Crippen LogP contribution in [0.25, 0.3) is 0 Å². The van der Waals surface area contributed by atoms with E-state index in [1.807, 2.05) is 13.8 Å². The molecule has 90 valence electrons. The van der Waals surface area contributed by atoms with E-state index in [4.69, 9.17) is 0 Å². The highest BCUT2D eigenvalue weighted by Crippen LogP contribution is 2.12. The molecule has 0 aliphatic carbocycles. The summed E-state index contributed by atoms with van der Waals surface area (Å²) in [4.78, 5) is 24.2. The molecule has 0 aromatic carbocycles. The summed E-state index contributed by atoms with van der Waals surface area (Å²) in [6, 6.07) is 0.229. The van der Waals surface area contributed by atoms with Crippen molar-refractivity contribution >= 4 is 11.5 Å². The largest absolute Gasteiger partial charge is 0.342 e. The normalized spacial score (nSPS) is 10.8. The van der Waals surface area contributed by atoms with E-state index in [1.165, 1.54) is 0 Å². The van der Waals surface area contributed by atoms with E-state index in [2.05, 4.69) is 25.6 Å². The fourth-order valence-electron chi connectivity index (χ4n) is 1.25. The molecule has 2 aromatic heterocycles. The third-order valence-corrected chi connectivity index (χ3v) is 2.10. The predicted molar refractivity (Wildman–Crippen MR) is 61.4 cm³/mol. The molecular formula is C9H12N6O2. The van der Waals surface area contributed by atoms with E-state index < -0.39 is 11.2 Å². The predicted octanol–water partition coefficient (Wildman–Crippen LogP) is -0.0208. The topological polar surface area (TPSA) is 108 Å². The quantitative estimate of drug-likeness (QED) is 0.694. The monoisotopic (exact) mass is 236 g/mol. The van der Waals surface area contributed by atoms with Crippen LogP contribution in [0.2, 0.25) is 0 Å². The van der Waals surface area contributed by atoms with Gasteiger partial charge in [0.25, 0.3) is 5.56 Å². The molecule has 0 atom stereocenters. The maximum Gasteiger partial charge on any atom is 0.342 e. The molecule has 2 aromatic rings. The molecule has 0 aliphatic rings. The zero-order valence-corrected chi connectivity index (χ0v) is 9.39. The standard InChI is InChI=1S/C9H12N6O2/c1-5(2)15-4-6(3-10-15)11-7-8(16)12-9(17)14-13-7/h3-5H,1-2H3,(H,11,13)(H2,12,14,16,17). The minimum absolute atomic E-state index is 0.0212. The summed E-state index contributed by atoms with van der Waals surface area (Å²) in [5, 5.41) is 12.6. The highest BCUT2D eigenvalue weighted by Gasteiger charge is 2.05. The average molecular weight is 236 g/mol. The lowest BCUT2D eigenvalue weighted by molar-refractivity contribution is 0.532. The Morgan fingerprint density at radius 2 is 2.18 bits per heavy atom. The Kier molecular flexibility index (Phi) is 2.77. The highest BCUT2D eigenvalue weighted by atomic mass is 16.2. The van der Waals surface area contributed by atoms with Crippen molar-refractivity contribution in [1.29, 1.82) is 0 Å². The average Bonchev–Trinajstić information content (AvgIpc) is 2.71. The summed E-state index contributed by atoms with van der Waals surface area (Å²) < 4.78 is 1.74. The Balaban J connectivity index is 2.25. The lowest BCUT2D eigenvalue weighted by Gasteiger charge is -2.03. The molecule has 0 saturated carbocycles. The van der Waals surface area contributed by atoms with Gasteiger partial charge in [-0.1, -0.05) is 0 Å². The van der Waals surface area contributed by atoms with E-state index in [-0.39, 0.29) is 11.9 Å². The zero-order valence-electron chi connectivity index (χ0n) is 9.39. The van der Waals surface area contributed by atoms with Gasteiger partial charge in [-0.05, 0) is 13.8 Å². The number of rotatable bonds is 3. The Labute approximate surface area is 95.7 Å². The second-order valence-corrected chi connectivity index (χ2v) is 3.78. The second-order valence-electron chi connectivity index (χ2n) is 3.78. The molecule has 0 bridgehead atoms. The zero-order chi connectivity index (χ0) is 12.4. The van der Waals surface area contributed by atoms with Gasteiger partial charge in [0, 0.05) is 12.2 Å². The van der Waals surface area contributed by atoms with Crippen LogP contribution in [0.15, 0.2) is 22.0 Å². The van der Waals surface area contributed by atoms with Gasteiger partial charge in [-0.15, -0.1) is 5.10 Å².